The number of halogens is 3. The van der Waals surface area contributed by atoms with Crippen molar-refractivity contribution in [3.05, 3.63) is 35.4 Å². The molecule has 1 aromatic rings. The van der Waals surface area contributed by atoms with Crippen molar-refractivity contribution < 1.29 is 13.2 Å². The predicted octanol–water partition coefficient (Wildman–Crippen LogP) is 3.38. The molecule has 0 amide bonds. The largest absolute Gasteiger partial charge is 0.416 e. The summed E-state index contributed by atoms with van der Waals surface area (Å²) >= 11 is 0. The summed E-state index contributed by atoms with van der Waals surface area (Å²) in [6.45, 7) is 1.67. The zero-order chi connectivity index (χ0) is 12.9. The van der Waals surface area contributed by atoms with E-state index in [-0.39, 0.29) is 5.56 Å². The summed E-state index contributed by atoms with van der Waals surface area (Å²) in [6.07, 6.45) is -3.97. The van der Waals surface area contributed by atoms with E-state index in [1.54, 1.807) is 20.0 Å². The Bertz CT molecular complexity index is 426. The molecule has 0 fully saturated rings. The minimum atomic E-state index is -4.33. The van der Waals surface area contributed by atoms with Crippen LogP contribution in [0.2, 0.25) is 0 Å². The van der Waals surface area contributed by atoms with E-state index in [9.17, 15) is 13.2 Å². The molecule has 17 heavy (non-hydrogen) atoms. The van der Waals surface area contributed by atoms with Crippen LogP contribution in [0, 0.1) is 11.8 Å². The van der Waals surface area contributed by atoms with Crippen molar-refractivity contribution in [1.82, 2.24) is 5.32 Å². The molecular formula is C13H14F3N. The van der Waals surface area contributed by atoms with E-state index in [4.69, 9.17) is 0 Å². The second kappa shape index (κ2) is 5.74. The highest BCUT2D eigenvalue weighted by Crippen LogP contribution is 2.35. The number of nitrogens with one attached hydrogen (secondary N) is 1. The average Bonchev–Trinajstić information content (AvgIpc) is 2.29. The zero-order valence-electron chi connectivity index (χ0n) is 9.73. The van der Waals surface area contributed by atoms with E-state index in [0.717, 1.165) is 6.07 Å². The molecule has 1 rings (SSSR count). The first kappa shape index (κ1) is 13.6. The quantitative estimate of drug-likeness (QED) is 0.800. The van der Waals surface area contributed by atoms with Gasteiger partial charge in [-0.25, -0.2) is 0 Å². The fraction of sp³-hybridized carbons (Fsp3) is 0.385. The Labute approximate surface area is 99.0 Å². The zero-order valence-corrected chi connectivity index (χ0v) is 9.73. The van der Waals surface area contributed by atoms with Crippen LogP contribution in [-0.2, 0) is 6.18 Å². The topological polar surface area (TPSA) is 12.0 Å². The van der Waals surface area contributed by atoms with Gasteiger partial charge >= 0.3 is 6.18 Å². The summed E-state index contributed by atoms with van der Waals surface area (Å²) in [6, 6.07) is 5.18. The van der Waals surface area contributed by atoms with Crippen LogP contribution in [0.15, 0.2) is 24.3 Å². The Morgan fingerprint density at radius 1 is 1.29 bits per heavy atom. The fourth-order valence-corrected chi connectivity index (χ4v) is 1.63. The van der Waals surface area contributed by atoms with E-state index >= 15 is 0 Å². The highest BCUT2D eigenvalue weighted by Gasteiger charge is 2.34. The van der Waals surface area contributed by atoms with Crippen molar-refractivity contribution in [2.24, 2.45) is 0 Å². The van der Waals surface area contributed by atoms with Crippen LogP contribution in [0.3, 0.4) is 0 Å². The maximum absolute atomic E-state index is 12.8. The van der Waals surface area contributed by atoms with Crippen LogP contribution in [0.25, 0.3) is 0 Å². The van der Waals surface area contributed by atoms with Gasteiger partial charge in [0.25, 0.3) is 0 Å². The van der Waals surface area contributed by atoms with Crippen LogP contribution in [0.1, 0.15) is 30.5 Å². The summed E-state index contributed by atoms with van der Waals surface area (Å²) in [4.78, 5) is 0. The van der Waals surface area contributed by atoms with Crippen LogP contribution in [0.4, 0.5) is 13.2 Å². The summed E-state index contributed by atoms with van der Waals surface area (Å²) in [5.41, 5.74) is -0.359. The first-order chi connectivity index (χ1) is 8.00. The van der Waals surface area contributed by atoms with Crippen LogP contribution < -0.4 is 5.32 Å². The van der Waals surface area contributed by atoms with E-state index in [1.165, 1.54) is 12.1 Å². The highest BCUT2D eigenvalue weighted by atomic mass is 19.4. The van der Waals surface area contributed by atoms with Crippen LogP contribution in [0.5, 0.6) is 0 Å². The summed E-state index contributed by atoms with van der Waals surface area (Å²) in [5, 5.41) is 2.86. The predicted molar refractivity (Wildman–Crippen MR) is 61.3 cm³/mol. The van der Waals surface area contributed by atoms with Crippen molar-refractivity contribution >= 4 is 0 Å². The van der Waals surface area contributed by atoms with E-state index in [2.05, 4.69) is 17.2 Å². The molecule has 0 aromatic heterocycles. The van der Waals surface area contributed by atoms with E-state index in [0.29, 0.717) is 6.42 Å². The molecule has 0 saturated heterocycles. The van der Waals surface area contributed by atoms with Gasteiger partial charge in [0, 0.05) is 12.5 Å². The molecule has 0 aliphatic rings. The second-order valence-electron chi connectivity index (χ2n) is 3.56. The lowest BCUT2D eigenvalue weighted by Crippen LogP contribution is -2.20. The second-order valence-corrected chi connectivity index (χ2v) is 3.56. The lowest BCUT2D eigenvalue weighted by molar-refractivity contribution is -0.138. The SMILES string of the molecule is CC#CCC(NC)c1ccccc1C(F)(F)F. The molecule has 1 unspecified atom stereocenters. The molecule has 4 heteroatoms. The van der Waals surface area contributed by atoms with Crippen molar-refractivity contribution in [3.63, 3.8) is 0 Å². The van der Waals surface area contributed by atoms with Gasteiger partial charge < -0.3 is 5.32 Å². The minimum Gasteiger partial charge on any atom is -0.312 e. The van der Waals surface area contributed by atoms with E-state index in [1.807, 2.05) is 0 Å². The molecule has 0 radical (unpaired) electrons. The molecule has 1 nitrogen and oxygen atoms in total. The minimum absolute atomic E-state index is 0.241. The number of hydrogen-bond acceptors (Lipinski definition) is 1. The number of hydrogen-bond donors (Lipinski definition) is 1. The molecule has 1 aromatic carbocycles. The normalized spacial score (nSPS) is 12.8. The average molecular weight is 241 g/mol. The molecule has 92 valence electrons. The van der Waals surface area contributed by atoms with Crippen molar-refractivity contribution in [1.29, 1.82) is 0 Å². The highest BCUT2D eigenvalue weighted by molar-refractivity contribution is 5.33. The summed E-state index contributed by atoms with van der Waals surface area (Å²) < 4.78 is 38.4. The van der Waals surface area contributed by atoms with Gasteiger partial charge in [-0.3, -0.25) is 0 Å². The number of benzene rings is 1. The third-order valence-corrected chi connectivity index (χ3v) is 2.47. The molecule has 0 aliphatic heterocycles. The maximum atomic E-state index is 12.8. The molecule has 0 heterocycles. The lowest BCUT2D eigenvalue weighted by Gasteiger charge is -2.19. The van der Waals surface area contributed by atoms with Crippen molar-refractivity contribution in [2.75, 3.05) is 7.05 Å². The van der Waals surface area contributed by atoms with Crippen LogP contribution >= 0.6 is 0 Å². The Morgan fingerprint density at radius 2 is 1.94 bits per heavy atom. The monoisotopic (exact) mass is 241 g/mol. The third-order valence-electron chi connectivity index (χ3n) is 2.47. The Hall–Kier alpha value is -1.47. The van der Waals surface area contributed by atoms with Gasteiger partial charge in [0.1, 0.15) is 0 Å². The van der Waals surface area contributed by atoms with Gasteiger partial charge in [0.2, 0.25) is 0 Å². The molecule has 0 spiro atoms. The lowest BCUT2D eigenvalue weighted by atomic mass is 9.98. The van der Waals surface area contributed by atoms with Gasteiger partial charge in [-0.2, -0.15) is 13.2 Å². The van der Waals surface area contributed by atoms with Gasteiger partial charge in [0.05, 0.1) is 5.56 Å². The third kappa shape index (κ3) is 3.50. The fourth-order valence-electron chi connectivity index (χ4n) is 1.63. The number of alkyl halides is 3. The van der Waals surface area contributed by atoms with Gasteiger partial charge in [-0.15, -0.1) is 11.8 Å². The Balaban J connectivity index is 3.13. The van der Waals surface area contributed by atoms with Crippen molar-refractivity contribution in [2.45, 2.75) is 25.6 Å². The molecular weight excluding hydrogens is 227 g/mol. The van der Waals surface area contributed by atoms with Gasteiger partial charge in [-0.1, -0.05) is 18.2 Å². The first-order valence-electron chi connectivity index (χ1n) is 5.23. The maximum Gasteiger partial charge on any atom is 0.416 e. The number of rotatable bonds is 3. The summed E-state index contributed by atoms with van der Waals surface area (Å²) in [7, 11) is 1.63. The van der Waals surface area contributed by atoms with Crippen LogP contribution in [-0.4, -0.2) is 7.05 Å². The first-order valence-corrected chi connectivity index (χ1v) is 5.23. The van der Waals surface area contributed by atoms with Gasteiger partial charge in [0.15, 0.2) is 0 Å². The Kier molecular flexibility index (Phi) is 4.59. The summed E-state index contributed by atoms with van der Waals surface area (Å²) in [5.74, 6) is 5.49. The Morgan fingerprint density at radius 3 is 2.47 bits per heavy atom. The molecule has 0 bridgehead atoms. The molecule has 0 saturated carbocycles. The van der Waals surface area contributed by atoms with Crippen molar-refractivity contribution in [3.8, 4) is 11.8 Å². The smallest absolute Gasteiger partial charge is 0.312 e. The standard InChI is InChI=1S/C13H14F3N/c1-3-4-9-12(17-2)10-7-5-6-8-11(10)13(14,15)16/h5-8,12,17H,9H2,1-2H3. The molecule has 1 atom stereocenters. The molecule has 0 aliphatic carbocycles. The van der Waals surface area contributed by atoms with Gasteiger partial charge in [-0.05, 0) is 25.6 Å². The molecule has 1 N–H and O–H groups in total. The van der Waals surface area contributed by atoms with E-state index < -0.39 is 17.8 Å².